The van der Waals surface area contributed by atoms with Crippen molar-refractivity contribution in [2.45, 2.75) is 32.4 Å². The van der Waals surface area contributed by atoms with Crippen LogP contribution in [0.1, 0.15) is 20.3 Å². The Kier molecular flexibility index (Phi) is 5.88. The van der Waals surface area contributed by atoms with Crippen LogP contribution in [0.3, 0.4) is 0 Å². The number of piperidine rings is 1. The molecule has 1 saturated heterocycles. The maximum absolute atomic E-state index is 9.31. The Balaban J connectivity index is 0.000000288. The predicted molar refractivity (Wildman–Crippen MR) is 52.5 cm³/mol. The first-order chi connectivity index (χ1) is 6.84. The zero-order chi connectivity index (χ0) is 12.0. The average Bonchev–Trinajstić information content (AvgIpc) is 2.13. The highest BCUT2D eigenvalue weighted by Gasteiger charge is 2.22. The quantitative estimate of drug-likeness (QED) is 0.410. The number of carbonyl (C=O) groups is 2. The molecule has 0 saturated carbocycles. The number of hydrogen-bond acceptors (Lipinski definition) is 4. The molecule has 3 atom stereocenters. The normalized spacial score (nSPS) is 29.9. The van der Waals surface area contributed by atoms with E-state index < -0.39 is 11.9 Å². The van der Waals surface area contributed by atoms with Crippen LogP contribution in [0.15, 0.2) is 0 Å². The van der Waals surface area contributed by atoms with E-state index in [1.807, 2.05) is 0 Å². The molecule has 1 aliphatic heterocycles. The van der Waals surface area contributed by atoms with E-state index in [-0.39, 0.29) is 6.10 Å². The van der Waals surface area contributed by atoms with Gasteiger partial charge in [0.2, 0.25) is 0 Å². The van der Waals surface area contributed by atoms with Crippen LogP contribution in [-0.4, -0.2) is 45.9 Å². The molecule has 1 rings (SSSR count). The molecule has 0 aromatic rings. The van der Waals surface area contributed by atoms with Gasteiger partial charge in [-0.1, -0.05) is 6.92 Å². The smallest absolute Gasteiger partial charge is 0.414 e. The van der Waals surface area contributed by atoms with Crippen LogP contribution in [0.2, 0.25) is 0 Å². The highest BCUT2D eigenvalue weighted by atomic mass is 16.4. The SMILES string of the molecule is CC1CC(O)C(C)CN1.O=C(O)C(=O)O. The van der Waals surface area contributed by atoms with Gasteiger partial charge in [-0.2, -0.15) is 0 Å². The first kappa shape index (κ1) is 13.9. The Morgan fingerprint density at radius 3 is 1.93 bits per heavy atom. The Hall–Kier alpha value is -1.14. The standard InChI is InChI=1S/C7H15NO.C2H2O4/c1-5-4-8-6(2)3-7(5)9;3-1(4)2(5)6/h5-9H,3-4H2,1-2H3;(H,3,4)(H,5,6). The molecule has 88 valence electrons. The third kappa shape index (κ3) is 6.03. The summed E-state index contributed by atoms with van der Waals surface area (Å²) in [5.74, 6) is -3.22. The summed E-state index contributed by atoms with van der Waals surface area (Å²) in [5, 5.41) is 27.4. The fraction of sp³-hybridized carbons (Fsp3) is 0.778. The van der Waals surface area contributed by atoms with Gasteiger partial charge in [0.1, 0.15) is 0 Å². The van der Waals surface area contributed by atoms with Crippen LogP contribution >= 0.6 is 0 Å². The fourth-order valence-electron chi connectivity index (χ4n) is 1.20. The molecule has 0 aliphatic carbocycles. The summed E-state index contributed by atoms with van der Waals surface area (Å²) in [6.45, 7) is 5.14. The van der Waals surface area contributed by atoms with Crippen LogP contribution < -0.4 is 5.32 Å². The molecule has 0 amide bonds. The lowest BCUT2D eigenvalue weighted by atomic mass is 9.94. The van der Waals surface area contributed by atoms with Crippen molar-refractivity contribution in [3.63, 3.8) is 0 Å². The van der Waals surface area contributed by atoms with Crippen molar-refractivity contribution in [1.82, 2.24) is 5.32 Å². The summed E-state index contributed by atoms with van der Waals surface area (Å²) < 4.78 is 0. The maximum atomic E-state index is 9.31. The highest BCUT2D eigenvalue weighted by Crippen LogP contribution is 2.13. The molecule has 15 heavy (non-hydrogen) atoms. The zero-order valence-corrected chi connectivity index (χ0v) is 8.80. The van der Waals surface area contributed by atoms with Gasteiger partial charge in [0.15, 0.2) is 0 Å². The van der Waals surface area contributed by atoms with E-state index in [0.717, 1.165) is 13.0 Å². The Labute approximate surface area is 87.9 Å². The van der Waals surface area contributed by atoms with Crippen molar-refractivity contribution in [1.29, 1.82) is 0 Å². The van der Waals surface area contributed by atoms with Crippen molar-refractivity contribution in [2.24, 2.45) is 5.92 Å². The van der Waals surface area contributed by atoms with E-state index in [9.17, 15) is 5.11 Å². The van der Waals surface area contributed by atoms with Gasteiger partial charge in [0.25, 0.3) is 0 Å². The number of carboxylic acids is 2. The van der Waals surface area contributed by atoms with Gasteiger partial charge in [-0.15, -0.1) is 0 Å². The number of rotatable bonds is 0. The molecule has 0 bridgehead atoms. The van der Waals surface area contributed by atoms with E-state index in [2.05, 4.69) is 19.2 Å². The van der Waals surface area contributed by atoms with Gasteiger partial charge in [-0.3, -0.25) is 0 Å². The van der Waals surface area contributed by atoms with Crippen LogP contribution in [0.25, 0.3) is 0 Å². The van der Waals surface area contributed by atoms with E-state index in [1.165, 1.54) is 0 Å². The second-order valence-corrected chi connectivity index (χ2v) is 3.70. The lowest BCUT2D eigenvalue weighted by Gasteiger charge is -2.29. The molecule has 0 aromatic carbocycles. The van der Waals surface area contributed by atoms with Gasteiger partial charge in [0, 0.05) is 12.6 Å². The topological polar surface area (TPSA) is 107 Å². The number of nitrogens with one attached hydrogen (secondary N) is 1. The van der Waals surface area contributed by atoms with Crippen LogP contribution in [0.4, 0.5) is 0 Å². The van der Waals surface area contributed by atoms with Crippen molar-refractivity contribution in [2.75, 3.05) is 6.54 Å². The molecule has 6 heteroatoms. The first-order valence-corrected chi connectivity index (χ1v) is 4.72. The lowest BCUT2D eigenvalue weighted by Crippen LogP contribution is -2.43. The lowest BCUT2D eigenvalue weighted by molar-refractivity contribution is -0.159. The summed E-state index contributed by atoms with van der Waals surface area (Å²) in [6, 6.07) is 0.496. The highest BCUT2D eigenvalue weighted by molar-refractivity contribution is 6.27. The summed E-state index contributed by atoms with van der Waals surface area (Å²) >= 11 is 0. The molecular formula is C9H17NO5. The van der Waals surface area contributed by atoms with Crippen molar-refractivity contribution in [3.8, 4) is 0 Å². The number of aliphatic hydroxyl groups excluding tert-OH is 1. The van der Waals surface area contributed by atoms with E-state index >= 15 is 0 Å². The van der Waals surface area contributed by atoms with E-state index in [4.69, 9.17) is 19.8 Å². The summed E-state index contributed by atoms with van der Waals surface area (Å²) in [7, 11) is 0. The molecule has 6 nitrogen and oxygen atoms in total. The van der Waals surface area contributed by atoms with Gasteiger partial charge in [-0.25, -0.2) is 9.59 Å². The molecule has 4 N–H and O–H groups in total. The number of aliphatic carboxylic acids is 2. The minimum absolute atomic E-state index is 0.0822. The first-order valence-electron chi connectivity index (χ1n) is 4.72. The zero-order valence-electron chi connectivity index (χ0n) is 8.80. The molecule has 0 radical (unpaired) electrons. The third-order valence-corrected chi connectivity index (χ3v) is 2.22. The van der Waals surface area contributed by atoms with Crippen molar-refractivity contribution in [3.05, 3.63) is 0 Å². The molecule has 0 aromatic heterocycles. The monoisotopic (exact) mass is 219 g/mol. The van der Waals surface area contributed by atoms with Gasteiger partial charge >= 0.3 is 11.9 Å². The Bertz CT molecular complexity index is 219. The van der Waals surface area contributed by atoms with Crippen LogP contribution in [0.5, 0.6) is 0 Å². The molecule has 1 heterocycles. The second kappa shape index (κ2) is 6.36. The number of aliphatic hydroxyl groups is 1. The van der Waals surface area contributed by atoms with Gasteiger partial charge in [0.05, 0.1) is 6.10 Å². The largest absolute Gasteiger partial charge is 0.473 e. The third-order valence-electron chi connectivity index (χ3n) is 2.22. The Morgan fingerprint density at radius 1 is 1.20 bits per heavy atom. The second-order valence-electron chi connectivity index (χ2n) is 3.70. The van der Waals surface area contributed by atoms with Gasteiger partial charge in [-0.05, 0) is 19.3 Å². The molecule has 1 aliphatic rings. The van der Waals surface area contributed by atoms with Crippen molar-refractivity contribution < 1.29 is 24.9 Å². The number of carboxylic acid groups (broad SMARTS) is 2. The summed E-state index contributed by atoms with van der Waals surface area (Å²) in [4.78, 5) is 18.2. The summed E-state index contributed by atoms with van der Waals surface area (Å²) in [5.41, 5.74) is 0. The molecule has 3 unspecified atom stereocenters. The Morgan fingerprint density at radius 2 is 1.67 bits per heavy atom. The molecular weight excluding hydrogens is 202 g/mol. The predicted octanol–water partition coefficient (Wildman–Crippen LogP) is -0.479. The van der Waals surface area contributed by atoms with E-state index in [1.54, 1.807) is 0 Å². The minimum Gasteiger partial charge on any atom is -0.473 e. The van der Waals surface area contributed by atoms with Crippen LogP contribution in [0, 0.1) is 5.92 Å². The summed E-state index contributed by atoms with van der Waals surface area (Å²) in [6.07, 6.45) is 0.822. The maximum Gasteiger partial charge on any atom is 0.414 e. The fourth-order valence-corrected chi connectivity index (χ4v) is 1.20. The molecule has 1 fully saturated rings. The van der Waals surface area contributed by atoms with Gasteiger partial charge < -0.3 is 20.6 Å². The minimum atomic E-state index is -1.82. The van der Waals surface area contributed by atoms with E-state index in [0.29, 0.717) is 12.0 Å². The average molecular weight is 219 g/mol. The van der Waals surface area contributed by atoms with Crippen LogP contribution in [-0.2, 0) is 9.59 Å². The molecule has 0 spiro atoms. The van der Waals surface area contributed by atoms with Crippen molar-refractivity contribution >= 4 is 11.9 Å². The number of hydrogen-bond donors (Lipinski definition) is 4.